The molecule has 0 aromatic heterocycles. The first-order chi connectivity index (χ1) is 7.70. The highest BCUT2D eigenvalue weighted by molar-refractivity contribution is 5.85. The fourth-order valence-corrected chi connectivity index (χ4v) is 2.78. The molecule has 1 saturated carbocycles. The van der Waals surface area contributed by atoms with Crippen LogP contribution in [0.3, 0.4) is 0 Å². The van der Waals surface area contributed by atoms with Crippen LogP contribution in [-0.4, -0.2) is 24.5 Å². The van der Waals surface area contributed by atoms with Crippen LogP contribution in [0.15, 0.2) is 0 Å². The molecular formula is C13H25ClN2O. The van der Waals surface area contributed by atoms with E-state index < -0.39 is 0 Å². The molecule has 1 aliphatic carbocycles. The number of halogens is 1. The lowest BCUT2D eigenvalue weighted by Crippen LogP contribution is -2.43. The van der Waals surface area contributed by atoms with Crippen molar-refractivity contribution in [3.05, 3.63) is 0 Å². The normalized spacial score (nSPS) is 35.9. The van der Waals surface area contributed by atoms with E-state index in [9.17, 15) is 4.79 Å². The number of nitrogens with one attached hydrogen (secondary N) is 2. The van der Waals surface area contributed by atoms with Crippen LogP contribution >= 0.6 is 12.4 Å². The molecule has 2 rings (SSSR count). The molecule has 2 aliphatic rings. The Kier molecular flexibility index (Phi) is 5.74. The van der Waals surface area contributed by atoms with E-state index in [1.165, 1.54) is 19.3 Å². The molecule has 1 aliphatic heterocycles. The van der Waals surface area contributed by atoms with Crippen LogP contribution in [0.4, 0.5) is 0 Å². The van der Waals surface area contributed by atoms with E-state index in [0.29, 0.717) is 18.0 Å². The maximum absolute atomic E-state index is 12.0. The molecule has 2 unspecified atom stereocenters. The lowest BCUT2D eigenvalue weighted by atomic mass is 9.92. The predicted molar refractivity (Wildman–Crippen MR) is 72.4 cm³/mol. The molecule has 1 amide bonds. The summed E-state index contributed by atoms with van der Waals surface area (Å²) >= 11 is 0. The van der Waals surface area contributed by atoms with E-state index in [1.54, 1.807) is 0 Å². The zero-order valence-electron chi connectivity index (χ0n) is 10.9. The van der Waals surface area contributed by atoms with Crippen molar-refractivity contribution in [2.24, 2.45) is 11.8 Å². The molecule has 4 heteroatoms. The van der Waals surface area contributed by atoms with Gasteiger partial charge in [0, 0.05) is 18.0 Å². The first kappa shape index (κ1) is 14.8. The standard InChI is InChI=1S/C13H24N2O.ClH/c1-3-4-10-8-12(10)15-13(16)11-5-6-14-9(2)7-11;/h9-12,14H,3-8H2,1-2H3,(H,15,16);1H/t9-,10?,11-,12?;/m0./s1. The third-order valence-corrected chi connectivity index (χ3v) is 3.90. The van der Waals surface area contributed by atoms with Gasteiger partial charge in [-0.25, -0.2) is 0 Å². The fraction of sp³-hybridized carbons (Fsp3) is 0.923. The van der Waals surface area contributed by atoms with E-state index in [-0.39, 0.29) is 18.3 Å². The first-order valence-electron chi connectivity index (χ1n) is 6.74. The van der Waals surface area contributed by atoms with E-state index in [4.69, 9.17) is 0 Å². The third kappa shape index (κ3) is 4.14. The van der Waals surface area contributed by atoms with Gasteiger partial charge in [0.1, 0.15) is 0 Å². The Bertz CT molecular complexity index is 260. The summed E-state index contributed by atoms with van der Waals surface area (Å²) in [7, 11) is 0. The summed E-state index contributed by atoms with van der Waals surface area (Å²) in [5, 5.41) is 6.60. The minimum Gasteiger partial charge on any atom is -0.353 e. The minimum atomic E-state index is 0. The molecule has 0 bridgehead atoms. The maximum atomic E-state index is 12.0. The smallest absolute Gasteiger partial charge is 0.223 e. The molecule has 0 aromatic carbocycles. The van der Waals surface area contributed by atoms with Crippen molar-refractivity contribution in [3.63, 3.8) is 0 Å². The van der Waals surface area contributed by atoms with Crippen LogP contribution in [0.2, 0.25) is 0 Å². The molecule has 2 fully saturated rings. The molecule has 1 heterocycles. The average molecular weight is 261 g/mol. The molecular weight excluding hydrogens is 236 g/mol. The van der Waals surface area contributed by atoms with Gasteiger partial charge in [0.15, 0.2) is 0 Å². The molecule has 3 nitrogen and oxygen atoms in total. The zero-order valence-corrected chi connectivity index (χ0v) is 11.7. The van der Waals surface area contributed by atoms with Crippen molar-refractivity contribution >= 4 is 18.3 Å². The van der Waals surface area contributed by atoms with Crippen LogP contribution in [-0.2, 0) is 4.79 Å². The van der Waals surface area contributed by atoms with Crippen molar-refractivity contribution < 1.29 is 4.79 Å². The second-order valence-corrected chi connectivity index (χ2v) is 5.48. The van der Waals surface area contributed by atoms with Gasteiger partial charge in [0.05, 0.1) is 0 Å². The van der Waals surface area contributed by atoms with Gasteiger partial charge in [-0.3, -0.25) is 4.79 Å². The highest BCUT2D eigenvalue weighted by Gasteiger charge is 2.38. The second-order valence-electron chi connectivity index (χ2n) is 5.48. The van der Waals surface area contributed by atoms with Crippen molar-refractivity contribution in [3.8, 4) is 0 Å². The Morgan fingerprint density at radius 2 is 2.18 bits per heavy atom. The van der Waals surface area contributed by atoms with Gasteiger partial charge >= 0.3 is 0 Å². The van der Waals surface area contributed by atoms with Gasteiger partial charge in [-0.1, -0.05) is 13.3 Å². The Balaban J connectivity index is 0.00000144. The van der Waals surface area contributed by atoms with Crippen LogP contribution in [0, 0.1) is 11.8 Å². The Labute approximate surface area is 111 Å². The lowest BCUT2D eigenvalue weighted by Gasteiger charge is -2.27. The Morgan fingerprint density at radius 3 is 2.82 bits per heavy atom. The predicted octanol–water partition coefficient (Wildman–Crippen LogP) is 2.10. The van der Waals surface area contributed by atoms with Crippen molar-refractivity contribution in [2.45, 2.75) is 58.0 Å². The molecule has 100 valence electrons. The summed E-state index contributed by atoms with van der Waals surface area (Å²) in [5.74, 6) is 1.32. The number of rotatable bonds is 4. The summed E-state index contributed by atoms with van der Waals surface area (Å²) in [6.45, 7) is 5.37. The highest BCUT2D eigenvalue weighted by atomic mass is 35.5. The number of amides is 1. The third-order valence-electron chi connectivity index (χ3n) is 3.90. The second kappa shape index (κ2) is 6.60. The van der Waals surface area contributed by atoms with Gasteiger partial charge < -0.3 is 10.6 Å². The van der Waals surface area contributed by atoms with Gasteiger partial charge in [0.2, 0.25) is 5.91 Å². The topological polar surface area (TPSA) is 41.1 Å². The summed E-state index contributed by atoms with van der Waals surface area (Å²) in [6.07, 6.45) is 5.72. The zero-order chi connectivity index (χ0) is 11.5. The quantitative estimate of drug-likeness (QED) is 0.813. The minimum absolute atomic E-state index is 0. The Morgan fingerprint density at radius 1 is 1.41 bits per heavy atom. The summed E-state index contributed by atoms with van der Waals surface area (Å²) < 4.78 is 0. The SMILES string of the molecule is CCCC1CC1NC(=O)[C@H]1CCN[C@@H](C)C1.Cl. The fourth-order valence-electron chi connectivity index (χ4n) is 2.78. The van der Waals surface area contributed by atoms with Crippen molar-refractivity contribution in [2.75, 3.05) is 6.54 Å². The van der Waals surface area contributed by atoms with Gasteiger partial charge in [-0.15, -0.1) is 12.4 Å². The summed E-state index contributed by atoms with van der Waals surface area (Å²) in [5.41, 5.74) is 0. The lowest BCUT2D eigenvalue weighted by molar-refractivity contribution is -0.126. The van der Waals surface area contributed by atoms with Crippen molar-refractivity contribution in [1.82, 2.24) is 10.6 Å². The highest BCUT2D eigenvalue weighted by Crippen LogP contribution is 2.35. The van der Waals surface area contributed by atoms with Crippen molar-refractivity contribution in [1.29, 1.82) is 0 Å². The number of carbonyl (C=O) groups excluding carboxylic acids is 1. The largest absolute Gasteiger partial charge is 0.353 e. The monoisotopic (exact) mass is 260 g/mol. The van der Waals surface area contributed by atoms with E-state index in [2.05, 4.69) is 24.5 Å². The van der Waals surface area contributed by atoms with Gasteiger partial charge in [-0.2, -0.15) is 0 Å². The molecule has 0 spiro atoms. The van der Waals surface area contributed by atoms with E-state index >= 15 is 0 Å². The number of piperidine rings is 1. The van der Waals surface area contributed by atoms with Gasteiger partial charge in [0.25, 0.3) is 0 Å². The van der Waals surface area contributed by atoms with Crippen LogP contribution in [0.1, 0.15) is 46.0 Å². The summed E-state index contributed by atoms with van der Waals surface area (Å²) in [6, 6.07) is 0.993. The first-order valence-corrected chi connectivity index (χ1v) is 6.74. The average Bonchev–Trinajstić information content (AvgIpc) is 2.97. The molecule has 2 N–H and O–H groups in total. The molecule has 0 aromatic rings. The van der Waals surface area contributed by atoms with E-state index in [1.807, 2.05) is 0 Å². The van der Waals surface area contributed by atoms with Crippen LogP contribution in [0.25, 0.3) is 0 Å². The van der Waals surface area contributed by atoms with Gasteiger partial charge in [-0.05, 0) is 45.1 Å². The molecule has 1 saturated heterocycles. The molecule has 4 atom stereocenters. The Hall–Kier alpha value is -0.280. The number of hydrogen-bond donors (Lipinski definition) is 2. The van der Waals surface area contributed by atoms with E-state index in [0.717, 1.165) is 25.3 Å². The maximum Gasteiger partial charge on any atom is 0.223 e. The summed E-state index contributed by atoms with van der Waals surface area (Å²) in [4.78, 5) is 12.0. The van der Waals surface area contributed by atoms with Crippen LogP contribution < -0.4 is 10.6 Å². The number of carbonyl (C=O) groups is 1. The molecule has 17 heavy (non-hydrogen) atoms. The number of hydrogen-bond acceptors (Lipinski definition) is 2. The molecule has 0 radical (unpaired) electrons. The van der Waals surface area contributed by atoms with Crippen LogP contribution in [0.5, 0.6) is 0 Å².